The Morgan fingerprint density at radius 2 is 1.56 bits per heavy atom. The van der Waals surface area contributed by atoms with Gasteiger partial charge >= 0.3 is 0 Å². The van der Waals surface area contributed by atoms with Gasteiger partial charge in [-0.25, -0.2) is 0 Å². The molecule has 1 N–H and O–H groups in total. The fourth-order valence-corrected chi connectivity index (χ4v) is 6.83. The number of hydrogen-bond acceptors (Lipinski definition) is 5. The van der Waals surface area contributed by atoms with Gasteiger partial charge in [-0.3, -0.25) is 19.4 Å². The average molecular weight is 512 g/mol. The van der Waals surface area contributed by atoms with Gasteiger partial charge in [-0.2, -0.15) is 0 Å². The zero-order valence-corrected chi connectivity index (χ0v) is 21.2. The first-order chi connectivity index (χ1) is 19.0. The van der Waals surface area contributed by atoms with Gasteiger partial charge in [-0.15, -0.1) is 0 Å². The van der Waals surface area contributed by atoms with Crippen LogP contribution in [0, 0.1) is 5.92 Å². The van der Waals surface area contributed by atoms with Gasteiger partial charge in [0.1, 0.15) is 17.2 Å². The lowest BCUT2D eigenvalue weighted by Crippen LogP contribution is -2.51. The summed E-state index contributed by atoms with van der Waals surface area (Å²) in [4.78, 5) is 49.9. The first-order valence-corrected chi connectivity index (χ1v) is 13.0. The largest absolute Gasteiger partial charge is 0.352 e. The average Bonchev–Trinajstić information content (AvgIpc) is 3.45. The number of carbonyl (C=O) groups excluding carboxylic acids is 3. The van der Waals surface area contributed by atoms with Gasteiger partial charge in [0.05, 0.1) is 12.0 Å². The minimum absolute atomic E-state index is 0.202. The molecule has 1 saturated heterocycles. The Labute approximate surface area is 226 Å². The minimum Gasteiger partial charge on any atom is -0.352 e. The highest BCUT2D eigenvalue weighted by Crippen LogP contribution is 2.58. The van der Waals surface area contributed by atoms with Crippen LogP contribution in [-0.4, -0.2) is 34.5 Å². The van der Waals surface area contributed by atoms with E-state index in [-0.39, 0.29) is 23.2 Å². The molecule has 6 heteroatoms. The van der Waals surface area contributed by atoms with E-state index in [1.165, 1.54) is 0 Å². The summed E-state index contributed by atoms with van der Waals surface area (Å²) in [5, 5.41) is 3.06. The quantitative estimate of drug-likeness (QED) is 0.375. The normalized spacial score (nSPS) is 24.4. The second kappa shape index (κ2) is 8.60. The summed E-state index contributed by atoms with van der Waals surface area (Å²) < 4.78 is 0. The second-order valence-corrected chi connectivity index (χ2v) is 10.3. The number of amides is 1. The van der Waals surface area contributed by atoms with Crippen molar-refractivity contribution in [2.24, 2.45) is 5.92 Å². The predicted octanol–water partition coefficient (Wildman–Crippen LogP) is 5.33. The lowest BCUT2D eigenvalue weighted by Gasteiger charge is -2.39. The fraction of sp³-hybridized carbons (Fsp3) is 0.152. The summed E-state index contributed by atoms with van der Waals surface area (Å²) in [6, 6.07) is 28.1. The van der Waals surface area contributed by atoms with Crippen LogP contribution in [0.25, 0.3) is 5.57 Å². The number of carbonyl (C=O) groups is 3. The number of para-hydroxylation sites is 2. The molecule has 0 aliphatic carbocycles. The molecule has 0 saturated carbocycles. The van der Waals surface area contributed by atoms with Gasteiger partial charge in [0.25, 0.3) is 0 Å². The van der Waals surface area contributed by atoms with Gasteiger partial charge in [0.15, 0.2) is 11.6 Å². The molecule has 1 spiro atoms. The Morgan fingerprint density at radius 1 is 0.846 bits per heavy atom. The van der Waals surface area contributed by atoms with Gasteiger partial charge < -0.3 is 10.2 Å². The molecule has 0 radical (unpaired) electrons. The predicted molar refractivity (Wildman–Crippen MR) is 150 cm³/mol. The summed E-state index contributed by atoms with van der Waals surface area (Å²) >= 11 is 0. The number of rotatable bonds is 4. The molecule has 0 unspecified atom stereocenters. The number of nitrogens with zero attached hydrogens (tertiary/aromatic N) is 2. The number of nitrogens with one attached hydrogen (secondary N) is 1. The molecule has 0 bridgehead atoms. The van der Waals surface area contributed by atoms with E-state index in [0.29, 0.717) is 11.3 Å². The van der Waals surface area contributed by atoms with Crippen LogP contribution < -0.4 is 10.2 Å². The number of Topliss-reactive ketones (excluding diaryl/α,β-unsaturated/α-hetero) is 2. The van der Waals surface area contributed by atoms with Crippen LogP contribution in [0.2, 0.25) is 0 Å². The maximum absolute atomic E-state index is 14.6. The summed E-state index contributed by atoms with van der Waals surface area (Å²) in [5.41, 5.74) is 3.60. The molecule has 7 rings (SSSR count). The molecule has 39 heavy (non-hydrogen) atoms. The molecular formula is C33H25N3O3. The summed E-state index contributed by atoms with van der Waals surface area (Å²) in [6.45, 7) is 2.02. The molecular weight excluding hydrogens is 486 g/mol. The van der Waals surface area contributed by atoms with Gasteiger partial charge in [-0.05, 0) is 42.3 Å². The number of aromatic nitrogens is 1. The zero-order chi connectivity index (χ0) is 26.7. The number of pyridine rings is 1. The number of anilines is 2. The van der Waals surface area contributed by atoms with E-state index >= 15 is 0 Å². The van der Waals surface area contributed by atoms with E-state index < -0.39 is 23.4 Å². The van der Waals surface area contributed by atoms with Crippen molar-refractivity contribution in [3.63, 3.8) is 0 Å². The van der Waals surface area contributed by atoms with Crippen LogP contribution in [0.1, 0.15) is 38.9 Å². The standard InChI is InChI=1S/C33H25N3O3/c1-20-19-27-33(23-14-6-7-15-24(23)35-32(33)39)28(31(38)25-16-9-10-18-34-25)29(30(37)21-11-3-2-4-12-21)36(27)26-17-8-5-13-22(20)26/h2-19,27-29H,1H3,(H,35,39)/t27-,28-,29-,33-/m0/s1. The van der Waals surface area contributed by atoms with E-state index in [0.717, 1.165) is 22.4 Å². The fourth-order valence-electron chi connectivity index (χ4n) is 6.83. The van der Waals surface area contributed by atoms with Gasteiger partial charge in [0, 0.05) is 28.7 Å². The van der Waals surface area contributed by atoms with Crippen molar-refractivity contribution in [3.8, 4) is 0 Å². The number of allylic oxidation sites excluding steroid dienone is 1. The molecule has 1 fully saturated rings. The third-order valence-electron chi connectivity index (χ3n) is 8.41. The Morgan fingerprint density at radius 3 is 2.36 bits per heavy atom. The monoisotopic (exact) mass is 511 g/mol. The molecule has 3 aliphatic heterocycles. The van der Waals surface area contributed by atoms with Crippen LogP contribution >= 0.6 is 0 Å². The molecule has 4 atom stereocenters. The SMILES string of the molecule is CC1=C[C@@H]2N(c3ccccc31)[C@H](C(=O)c1ccccc1)[C@@H](C(=O)c1ccccn1)[C@@]21C(=O)Nc2ccccc21. The highest BCUT2D eigenvalue weighted by Gasteiger charge is 2.70. The molecule has 6 nitrogen and oxygen atoms in total. The Hall–Kier alpha value is -4.84. The van der Waals surface area contributed by atoms with Crippen LogP contribution in [0.3, 0.4) is 0 Å². The Balaban J connectivity index is 1.57. The van der Waals surface area contributed by atoms with Crippen molar-refractivity contribution in [2.75, 3.05) is 10.2 Å². The minimum atomic E-state index is -1.34. The molecule has 4 heterocycles. The highest BCUT2D eigenvalue weighted by molar-refractivity contribution is 6.18. The maximum Gasteiger partial charge on any atom is 0.238 e. The first-order valence-electron chi connectivity index (χ1n) is 13.0. The summed E-state index contributed by atoms with van der Waals surface area (Å²) in [5.74, 6) is -1.83. The number of hydrogen-bond donors (Lipinski definition) is 1. The van der Waals surface area contributed by atoms with Crippen molar-refractivity contribution in [2.45, 2.75) is 24.4 Å². The van der Waals surface area contributed by atoms with E-state index in [1.807, 2.05) is 78.6 Å². The molecule has 4 aromatic rings. The summed E-state index contributed by atoms with van der Waals surface area (Å²) in [7, 11) is 0. The van der Waals surface area contributed by atoms with Crippen molar-refractivity contribution in [1.82, 2.24) is 4.98 Å². The van der Waals surface area contributed by atoms with Crippen LogP contribution in [0.4, 0.5) is 11.4 Å². The molecule has 3 aromatic carbocycles. The maximum atomic E-state index is 14.6. The number of ketones is 2. The lowest BCUT2D eigenvalue weighted by atomic mass is 9.64. The highest BCUT2D eigenvalue weighted by atomic mass is 16.2. The third-order valence-corrected chi connectivity index (χ3v) is 8.41. The van der Waals surface area contributed by atoms with Crippen molar-refractivity contribution in [1.29, 1.82) is 0 Å². The van der Waals surface area contributed by atoms with E-state index in [1.54, 1.807) is 36.5 Å². The second-order valence-electron chi connectivity index (χ2n) is 10.3. The van der Waals surface area contributed by atoms with E-state index in [2.05, 4.69) is 16.4 Å². The van der Waals surface area contributed by atoms with Gasteiger partial charge in [0.2, 0.25) is 5.91 Å². The molecule has 1 aromatic heterocycles. The first kappa shape index (κ1) is 23.3. The number of fused-ring (bicyclic) bond motifs is 6. The van der Waals surface area contributed by atoms with Crippen molar-refractivity contribution in [3.05, 3.63) is 132 Å². The van der Waals surface area contributed by atoms with E-state index in [9.17, 15) is 14.4 Å². The van der Waals surface area contributed by atoms with Crippen LogP contribution in [0.15, 0.2) is 109 Å². The molecule has 1 amide bonds. The summed E-state index contributed by atoms with van der Waals surface area (Å²) in [6.07, 6.45) is 3.62. The Kier molecular flexibility index (Phi) is 5.13. The van der Waals surface area contributed by atoms with Gasteiger partial charge in [-0.1, -0.05) is 78.9 Å². The third kappa shape index (κ3) is 3.15. The molecule has 190 valence electrons. The number of benzene rings is 3. The lowest BCUT2D eigenvalue weighted by molar-refractivity contribution is -0.121. The smallest absolute Gasteiger partial charge is 0.238 e. The zero-order valence-electron chi connectivity index (χ0n) is 21.2. The van der Waals surface area contributed by atoms with Crippen molar-refractivity contribution < 1.29 is 14.4 Å². The van der Waals surface area contributed by atoms with Crippen LogP contribution in [-0.2, 0) is 10.2 Å². The Bertz CT molecular complexity index is 1680. The topological polar surface area (TPSA) is 79.4 Å². The van der Waals surface area contributed by atoms with Crippen molar-refractivity contribution >= 4 is 34.4 Å². The van der Waals surface area contributed by atoms with E-state index in [4.69, 9.17) is 0 Å². The van der Waals surface area contributed by atoms with Crippen LogP contribution in [0.5, 0.6) is 0 Å². The molecule has 3 aliphatic rings.